The molecule has 88 valence electrons. The first-order valence-electron chi connectivity index (χ1n) is 6.05. The molecule has 0 N–H and O–H groups in total. The van der Waals surface area contributed by atoms with Gasteiger partial charge in [0.25, 0.3) is 0 Å². The van der Waals surface area contributed by atoms with Gasteiger partial charge in [0.1, 0.15) is 5.15 Å². The van der Waals surface area contributed by atoms with E-state index in [-0.39, 0.29) is 0 Å². The van der Waals surface area contributed by atoms with E-state index in [1.54, 1.807) is 0 Å². The standard InChI is InChI=1S/C13H19ClN2/c1-10(2)16-8-4-3-5-12(16)11-6-7-13(14)15-9-11/h6-7,9-10,12H,3-5,8H2,1-2H3/t12-/m0/s1. The summed E-state index contributed by atoms with van der Waals surface area (Å²) in [5.41, 5.74) is 1.30. The molecule has 1 fully saturated rings. The predicted molar refractivity (Wildman–Crippen MR) is 67.7 cm³/mol. The Kier molecular flexibility index (Phi) is 3.82. The maximum Gasteiger partial charge on any atom is 0.129 e. The molecule has 1 aromatic rings. The highest BCUT2D eigenvalue weighted by atomic mass is 35.5. The molecule has 1 aliphatic heterocycles. The minimum Gasteiger partial charge on any atom is -0.294 e. The van der Waals surface area contributed by atoms with Crippen LogP contribution < -0.4 is 0 Å². The zero-order valence-electron chi connectivity index (χ0n) is 9.99. The van der Waals surface area contributed by atoms with Crippen LogP contribution in [0.25, 0.3) is 0 Å². The van der Waals surface area contributed by atoms with Crippen LogP contribution in [0.3, 0.4) is 0 Å². The lowest BCUT2D eigenvalue weighted by atomic mass is 9.95. The molecule has 0 bridgehead atoms. The van der Waals surface area contributed by atoms with E-state index in [2.05, 4.69) is 29.8 Å². The molecule has 3 heteroatoms. The molecule has 0 amide bonds. The van der Waals surface area contributed by atoms with Crippen LogP contribution in [0.5, 0.6) is 0 Å². The number of halogens is 1. The van der Waals surface area contributed by atoms with E-state index in [0.717, 1.165) is 0 Å². The van der Waals surface area contributed by atoms with Crippen molar-refractivity contribution in [1.82, 2.24) is 9.88 Å². The number of piperidine rings is 1. The summed E-state index contributed by atoms with van der Waals surface area (Å²) in [4.78, 5) is 6.75. The van der Waals surface area contributed by atoms with Crippen LogP contribution in [0.4, 0.5) is 0 Å². The Labute approximate surface area is 103 Å². The number of hydrogen-bond acceptors (Lipinski definition) is 2. The molecule has 0 saturated carbocycles. The van der Waals surface area contributed by atoms with E-state index in [1.165, 1.54) is 31.4 Å². The van der Waals surface area contributed by atoms with E-state index in [0.29, 0.717) is 17.2 Å². The Morgan fingerprint density at radius 2 is 2.19 bits per heavy atom. The Morgan fingerprint density at radius 3 is 2.81 bits per heavy atom. The second-order valence-corrected chi connectivity index (χ2v) is 5.14. The summed E-state index contributed by atoms with van der Waals surface area (Å²) in [5.74, 6) is 0. The summed E-state index contributed by atoms with van der Waals surface area (Å²) >= 11 is 5.82. The maximum atomic E-state index is 5.82. The van der Waals surface area contributed by atoms with Crippen molar-refractivity contribution in [2.75, 3.05) is 6.54 Å². The van der Waals surface area contributed by atoms with Gasteiger partial charge in [-0.05, 0) is 44.9 Å². The number of likely N-dealkylation sites (tertiary alicyclic amines) is 1. The second-order valence-electron chi connectivity index (χ2n) is 4.76. The first kappa shape index (κ1) is 11.9. The van der Waals surface area contributed by atoms with E-state index in [9.17, 15) is 0 Å². The van der Waals surface area contributed by atoms with Gasteiger partial charge in [0, 0.05) is 18.3 Å². The van der Waals surface area contributed by atoms with Crippen molar-refractivity contribution in [2.24, 2.45) is 0 Å². The zero-order chi connectivity index (χ0) is 11.5. The molecule has 2 rings (SSSR count). The van der Waals surface area contributed by atoms with Crippen LogP contribution in [0.2, 0.25) is 5.15 Å². The van der Waals surface area contributed by atoms with Crippen LogP contribution in [0.15, 0.2) is 18.3 Å². The molecule has 1 aromatic heterocycles. The average Bonchev–Trinajstić information content (AvgIpc) is 2.30. The van der Waals surface area contributed by atoms with E-state index < -0.39 is 0 Å². The van der Waals surface area contributed by atoms with Crippen LogP contribution in [0, 0.1) is 0 Å². The predicted octanol–water partition coefficient (Wildman–Crippen LogP) is 3.67. The minimum absolute atomic E-state index is 0.526. The SMILES string of the molecule is CC(C)N1CCCC[C@H]1c1ccc(Cl)nc1. The lowest BCUT2D eigenvalue weighted by Gasteiger charge is -2.38. The molecule has 0 aromatic carbocycles. The molecule has 1 saturated heterocycles. The van der Waals surface area contributed by atoms with Gasteiger partial charge in [-0.25, -0.2) is 4.98 Å². The highest BCUT2D eigenvalue weighted by Crippen LogP contribution is 2.32. The van der Waals surface area contributed by atoms with Crippen molar-refractivity contribution in [1.29, 1.82) is 0 Å². The summed E-state index contributed by atoms with van der Waals surface area (Å²) in [6.07, 6.45) is 5.79. The molecule has 1 aliphatic rings. The molecule has 1 atom stereocenters. The number of nitrogens with zero attached hydrogens (tertiary/aromatic N) is 2. The van der Waals surface area contributed by atoms with Gasteiger partial charge in [-0.1, -0.05) is 24.1 Å². The van der Waals surface area contributed by atoms with E-state index in [4.69, 9.17) is 11.6 Å². The van der Waals surface area contributed by atoms with E-state index >= 15 is 0 Å². The highest BCUT2D eigenvalue weighted by Gasteiger charge is 2.25. The Bertz CT molecular complexity index is 334. The highest BCUT2D eigenvalue weighted by molar-refractivity contribution is 6.29. The average molecular weight is 239 g/mol. The molecule has 0 unspecified atom stereocenters. The first-order chi connectivity index (χ1) is 7.68. The van der Waals surface area contributed by atoms with Gasteiger partial charge in [-0.3, -0.25) is 4.90 Å². The van der Waals surface area contributed by atoms with Crippen molar-refractivity contribution in [2.45, 2.75) is 45.2 Å². The van der Waals surface area contributed by atoms with Crippen molar-refractivity contribution in [3.05, 3.63) is 29.0 Å². The van der Waals surface area contributed by atoms with Gasteiger partial charge < -0.3 is 0 Å². The van der Waals surface area contributed by atoms with Crippen LogP contribution in [0.1, 0.15) is 44.7 Å². The normalized spacial score (nSPS) is 22.6. The number of hydrogen-bond donors (Lipinski definition) is 0. The minimum atomic E-state index is 0.526. The summed E-state index contributed by atoms with van der Waals surface area (Å²) in [6.45, 7) is 5.73. The maximum absolute atomic E-state index is 5.82. The quantitative estimate of drug-likeness (QED) is 0.731. The fraction of sp³-hybridized carbons (Fsp3) is 0.615. The van der Waals surface area contributed by atoms with Gasteiger partial charge in [0.05, 0.1) is 0 Å². The summed E-state index contributed by atoms with van der Waals surface area (Å²) in [7, 11) is 0. The second kappa shape index (κ2) is 5.15. The largest absolute Gasteiger partial charge is 0.294 e. The van der Waals surface area contributed by atoms with Gasteiger partial charge >= 0.3 is 0 Å². The first-order valence-corrected chi connectivity index (χ1v) is 6.43. The van der Waals surface area contributed by atoms with Crippen LogP contribution >= 0.6 is 11.6 Å². The summed E-state index contributed by atoms with van der Waals surface area (Å²) in [5, 5.41) is 0.579. The Morgan fingerprint density at radius 1 is 1.38 bits per heavy atom. The third-order valence-corrected chi connectivity index (χ3v) is 3.57. The molecule has 2 heterocycles. The third kappa shape index (κ3) is 2.55. The van der Waals surface area contributed by atoms with Gasteiger partial charge in [0.2, 0.25) is 0 Å². The molecule has 16 heavy (non-hydrogen) atoms. The number of rotatable bonds is 2. The van der Waals surface area contributed by atoms with Gasteiger partial charge in [-0.15, -0.1) is 0 Å². The Hall–Kier alpha value is -0.600. The fourth-order valence-corrected chi connectivity index (χ4v) is 2.63. The van der Waals surface area contributed by atoms with Crippen molar-refractivity contribution >= 4 is 11.6 Å². The summed E-state index contributed by atoms with van der Waals surface area (Å²) in [6, 6.07) is 5.13. The third-order valence-electron chi connectivity index (χ3n) is 3.34. The zero-order valence-corrected chi connectivity index (χ0v) is 10.7. The van der Waals surface area contributed by atoms with Crippen LogP contribution in [-0.2, 0) is 0 Å². The topological polar surface area (TPSA) is 16.1 Å². The molecular formula is C13H19ClN2. The molecular weight excluding hydrogens is 220 g/mol. The van der Waals surface area contributed by atoms with Gasteiger partial charge in [0.15, 0.2) is 0 Å². The summed E-state index contributed by atoms with van der Waals surface area (Å²) < 4.78 is 0. The molecule has 2 nitrogen and oxygen atoms in total. The van der Waals surface area contributed by atoms with Gasteiger partial charge in [-0.2, -0.15) is 0 Å². The molecule has 0 aliphatic carbocycles. The molecule has 0 radical (unpaired) electrons. The molecule has 0 spiro atoms. The van der Waals surface area contributed by atoms with E-state index in [1.807, 2.05) is 12.3 Å². The van der Waals surface area contributed by atoms with Crippen molar-refractivity contribution in [3.8, 4) is 0 Å². The van der Waals surface area contributed by atoms with Crippen molar-refractivity contribution < 1.29 is 0 Å². The fourth-order valence-electron chi connectivity index (χ4n) is 2.51. The number of aromatic nitrogens is 1. The lowest BCUT2D eigenvalue weighted by molar-refractivity contribution is 0.112. The Balaban J connectivity index is 2.19. The number of pyridine rings is 1. The van der Waals surface area contributed by atoms with Crippen LogP contribution in [-0.4, -0.2) is 22.5 Å². The monoisotopic (exact) mass is 238 g/mol. The van der Waals surface area contributed by atoms with Crippen molar-refractivity contribution in [3.63, 3.8) is 0 Å². The smallest absolute Gasteiger partial charge is 0.129 e. The lowest BCUT2D eigenvalue weighted by Crippen LogP contribution is -2.38.